The second kappa shape index (κ2) is 4.80. The number of rotatable bonds is 3. The van der Waals surface area contributed by atoms with Crippen molar-refractivity contribution in [3.8, 4) is 5.75 Å². The van der Waals surface area contributed by atoms with E-state index in [1.165, 1.54) is 5.56 Å². The zero-order valence-electron chi connectivity index (χ0n) is 11.2. The third-order valence-electron chi connectivity index (χ3n) is 2.81. The Kier molecular flexibility index (Phi) is 3.36. The Hall–Kier alpha value is -1.84. The summed E-state index contributed by atoms with van der Waals surface area (Å²) in [5, 5.41) is 7.55. The average Bonchev–Trinajstić information content (AvgIpc) is 2.71. The number of ether oxygens (including phenoxy) is 1. The SMILES string of the molecule is Cc1nonc1COc1ccccc1C(C)(C)C. The second-order valence-corrected chi connectivity index (χ2v) is 5.33. The molecule has 0 radical (unpaired) electrons. The average molecular weight is 246 g/mol. The number of benzene rings is 1. The summed E-state index contributed by atoms with van der Waals surface area (Å²) in [6.07, 6.45) is 0. The molecule has 96 valence electrons. The Bertz CT molecular complexity index is 527. The van der Waals surface area contributed by atoms with Crippen LogP contribution in [0, 0.1) is 6.92 Å². The molecular formula is C14H18N2O2. The van der Waals surface area contributed by atoms with E-state index in [0.717, 1.165) is 17.1 Å². The van der Waals surface area contributed by atoms with Crippen molar-refractivity contribution in [3.05, 3.63) is 41.2 Å². The number of nitrogens with zero attached hydrogens (tertiary/aromatic N) is 2. The van der Waals surface area contributed by atoms with E-state index < -0.39 is 0 Å². The van der Waals surface area contributed by atoms with Crippen molar-refractivity contribution < 1.29 is 9.37 Å². The van der Waals surface area contributed by atoms with Crippen molar-refractivity contribution in [1.82, 2.24) is 10.3 Å². The Balaban J connectivity index is 2.17. The number of aromatic nitrogens is 2. The van der Waals surface area contributed by atoms with Gasteiger partial charge in [0.1, 0.15) is 23.7 Å². The highest BCUT2D eigenvalue weighted by Gasteiger charge is 2.18. The van der Waals surface area contributed by atoms with Gasteiger partial charge in [0, 0.05) is 0 Å². The molecule has 0 amide bonds. The minimum absolute atomic E-state index is 0.0493. The molecule has 0 saturated heterocycles. The Morgan fingerprint density at radius 3 is 2.50 bits per heavy atom. The third kappa shape index (κ3) is 2.70. The zero-order valence-corrected chi connectivity index (χ0v) is 11.2. The summed E-state index contributed by atoms with van der Waals surface area (Å²) >= 11 is 0. The molecule has 1 aromatic carbocycles. The lowest BCUT2D eigenvalue weighted by atomic mass is 9.86. The molecule has 0 aliphatic carbocycles. The standard InChI is InChI=1S/C14H18N2O2/c1-10-12(16-18-15-10)9-17-13-8-6-5-7-11(13)14(2,3)4/h5-8H,9H2,1-4H3. The molecule has 2 rings (SSSR count). The van der Waals surface area contributed by atoms with E-state index in [-0.39, 0.29) is 5.41 Å². The highest BCUT2D eigenvalue weighted by Crippen LogP contribution is 2.31. The Morgan fingerprint density at radius 2 is 1.89 bits per heavy atom. The minimum atomic E-state index is 0.0493. The van der Waals surface area contributed by atoms with E-state index in [4.69, 9.17) is 4.74 Å². The molecule has 0 aliphatic rings. The minimum Gasteiger partial charge on any atom is -0.487 e. The lowest BCUT2D eigenvalue weighted by molar-refractivity contribution is 0.266. The van der Waals surface area contributed by atoms with Gasteiger partial charge in [0.25, 0.3) is 0 Å². The first-order valence-corrected chi connectivity index (χ1v) is 5.99. The lowest BCUT2D eigenvalue weighted by Crippen LogP contribution is -2.13. The van der Waals surface area contributed by atoms with Gasteiger partial charge in [0.05, 0.1) is 0 Å². The Morgan fingerprint density at radius 1 is 1.17 bits per heavy atom. The molecule has 0 spiro atoms. The molecule has 0 bridgehead atoms. The van der Waals surface area contributed by atoms with Crippen molar-refractivity contribution in [1.29, 1.82) is 0 Å². The van der Waals surface area contributed by atoms with Crippen molar-refractivity contribution in [3.63, 3.8) is 0 Å². The molecule has 0 fully saturated rings. The lowest BCUT2D eigenvalue weighted by Gasteiger charge is -2.22. The maximum atomic E-state index is 5.83. The van der Waals surface area contributed by atoms with Crippen molar-refractivity contribution in [2.24, 2.45) is 0 Å². The fourth-order valence-electron chi connectivity index (χ4n) is 1.74. The van der Waals surface area contributed by atoms with Crippen molar-refractivity contribution in [2.45, 2.75) is 39.7 Å². The van der Waals surface area contributed by atoms with Crippen LogP contribution >= 0.6 is 0 Å². The quantitative estimate of drug-likeness (QED) is 0.834. The van der Waals surface area contributed by atoms with E-state index in [1.807, 2.05) is 25.1 Å². The predicted molar refractivity (Wildman–Crippen MR) is 68.5 cm³/mol. The largest absolute Gasteiger partial charge is 0.487 e. The molecular weight excluding hydrogens is 228 g/mol. The summed E-state index contributed by atoms with van der Waals surface area (Å²) < 4.78 is 10.5. The van der Waals surface area contributed by atoms with Gasteiger partial charge in [-0.2, -0.15) is 0 Å². The molecule has 4 heteroatoms. The number of hydrogen-bond acceptors (Lipinski definition) is 4. The van der Waals surface area contributed by atoms with Crippen LogP contribution in [0.5, 0.6) is 5.75 Å². The fourth-order valence-corrected chi connectivity index (χ4v) is 1.74. The maximum Gasteiger partial charge on any atom is 0.145 e. The first-order valence-electron chi connectivity index (χ1n) is 5.99. The van der Waals surface area contributed by atoms with Crippen LogP contribution in [0.1, 0.15) is 37.7 Å². The normalized spacial score (nSPS) is 11.6. The molecule has 1 heterocycles. The second-order valence-electron chi connectivity index (χ2n) is 5.33. The summed E-state index contributed by atoms with van der Waals surface area (Å²) in [7, 11) is 0. The van der Waals surface area contributed by atoms with Crippen LogP contribution < -0.4 is 4.74 Å². The predicted octanol–water partition coefficient (Wildman–Crippen LogP) is 3.25. The van der Waals surface area contributed by atoms with Crippen LogP contribution in [0.3, 0.4) is 0 Å². The molecule has 0 N–H and O–H groups in total. The van der Waals surface area contributed by atoms with Gasteiger partial charge in [0.2, 0.25) is 0 Å². The summed E-state index contributed by atoms with van der Waals surface area (Å²) in [4.78, 5) is 0. The molecule has 1 aromatic heterocycles. The molecule has 0 aliphatic heterocycles. The molecule has 18 heavy (non-hydrogen) atoms. The van der Waals surface area contributed by atoms with E-state index in [2.05, 4.69) is 41.8 Å². The summed E-state index contributed by atoms with van der Waals surface area (Å²) in [6, 6.07) is 8.06. The van der Waals surface area contributed by atoms with Crippen LogP contribution in [0.15, 0.2) is 28.9 Å². The summed E-state index contributed by atoms with van der Waals surface area (Å²) in [6.45, 7) is 8.72. The summed E-state index contributed by atoms with van der Waals surface area (Å²) in [5.41, 5.74) is 2.73. The molecule has 0 atom stereocenters. The Labute approximate surface area is 107 Å². The molecule has 2 aromatic rings. The van der Waals surface area contributed by atoms with Gasteiger partial charge >= 0.3 is 0 Å². The summed E-state index contributed by atoms with van der Waals surface area (Å²) in [5.74, 6) is 0.882. The van der Waals surface area contributed by atoms with Gasteiger partial charge in [0.15, 0.2) is 0 Å². The van der Waals surface area contributed by atoms with Gasteiger partial charge < -0.3 is 4.74 Å². The van der Waals surface area contributed by atoms with Crippen molar-refractivity contribution >= 4 is 0 Å². The first-order chi connectivity index (χ1) is 8.48. The van der Waals surface area contributed by atoms with Crippen LogP contribution in [0.4, 0.5) is 0 Å². The maximum absolute atomic E-state index is 5.83. The zero-order chi connectivity index (χ0) is 13.2. The third-order valence-corrected chi connectivity index (χ3v) is 2.81. The van der Waals surface area contributed by atoms with Gasteiger partial charge in [-0.15, -0.1) is 0 Å². The van der Waals surface area contributed by atoms with E-state index >= 15 is 0 Å². The van der Waals surface area contributed by atoms with Gasteiger partial charge in [-0.05, 0) is 24.0 Å². The van der Waals surface area contributed by atoms with Gasteiger partial charge in [-0.25, -0.2) is 4.63 Å². The van der Waals surface area contributed by atoms with E-state index in [0.29, 0.717) is 6.61 Å². The number of para-hydroxylation sites is 1. The first kappa shape index (κ1) is 12.6. The van der Waals surface area contributed by atoms with E-state index in [9.17, 15) is 0 Å². The molecule has 0 unspecified atom stereocenters. The van der Waals surface area contributed by atoms with Gasteiger partial charge in [-0.3, -0.25) is 0 Å². The van der Waals surface area contributed by atoms with E-state index in [1.54, 1.807) is 0 Å². The smallest absolute Gasteiger partial charge is 0.145 e. The molecule has 4 nitrogen and oxygen atoms in total. The number of aryl methyl sites for hydroxylation is 1. The van der Waals surface area contributed by atoms with Crippen LogP contribution in [0.2, 0.25) is 0 Å². The fraction of sp³-hybridized carbons (Fsp3) is 0.429. The number of hydrogen-bond donors (Lipinski definition) is 0. The molecule has 0 saturated carbocycles. The van der Waals surface area contributed by atoms with Crippen LogP contribution in [-0.2, 0) is 12.0 Å². The monoisotopic (exact) mass is 246 g/mol. The van der Waals surface area contributed by atoms with Crippen LogP contribution in [-0.4, -0.2) is 10.3 Å². The van der Waals surface area contributed by atoms with Gasteiger partial charge in [-0.1, -0.05) is 49.3 Å². The highest BCUT2D eigenvalue weighted by molar-refractivity contribution is 5.38. The van der Waals surface area contributed by atoms with Crippen molar-refractivity contribution in [2.75, 3.05) is 0 Å². The highest BCUT2D eigenvalue weighted by atomic mass is 16.6. The topological polar surface area (TPSA) is 48.2 Å². The van der Waals surface area contributed by atoms with Crippen LogP contribution in [0.25, 0.3) is 0 Å².